The minimum Gasteiger partial charge on any atom is -0.475 e. The van der Waals surface area contributed by atoms with Gasteiger partial charge in [0.2, 0.25) is 0 Å². The molecule has 1 unspecified atom stereocenters. The number of nitrogens with zero attached hydrogens (tertiary/aromatic N) is 3. The van der Waals surface area contributed by atoms with Gasteiger partial charge in [0.15, 0.2) is 0 Å². The monoisotopic (exact) mass is 433 g/mol. The van der Waals surface area contributed by atoms with Crippen molar-refractivity contribution in [3.8, 4) is 0 Å². The first-order valence-electron chi connectivity index (χ1n) is 10.6. The van der Waals surface area contributed by atoms with Gasteiger partial charge in [0.05, 0.1) is 18.3 Å². The van der Waals surface area contributed by atoms with Crippen molar-refractivity contribution < 1.29 is 32.5 Å². The van der Waals surface area contributed by atoms with E-state index in [9.17, 15) is 13.2 Å². The molecular formula is C20H30F3N3O4. The average molecular weight is 433 g/mol. The first-order valence-corrected chi connectivity index (χ1v) is 10.6. The first-order chi connectivity index (χ1) is 14.3. The summed E-state index contributed by atoms with van der Waals surface area (Å²) in [5, 5.41) is 11.7. The third-order valence-electron chi connectivity index (χ3n) is 6.00. The van der Waals surface area contributed by atoms with Gasteiger partial charge in [-0.05, 0) is 37.7 Å². The van der Waals surface area contributed by atoms with Gasteiger partial charge in [-0.2, -0.15) is 18.3 Å². The van der Waals surface area contributed by atoms with E-state index in [1.54, 1.807) is 0 Å². The lowest BCUT2D eigenvalue weighted by Crippen LogP contribution is -2.44. The molecule has 1 aromatic rings. The van der Waals surface area contributed by atoms with Crippen LogP contribution >= 0.6 is 0 Å². The Hall–Kier alpha value is -1.65. The summed E-state index contributed by atoms with van der Waals surface area (Å²) >= 11 is 0. The summed E-state index contributed by atoms with van der Waals surface area (Å²) in [6, 6.07) is 3.32. The summed E-state index contributed by atoms with van der Waals surface area (Å²) in [4.78, 5) is 11.6. The SMILES string of the molecule is O=C(O)C(F)(F)F.c1cc2n(n1)C(COCC1CCOCC1)CN(C1CCCC1)C2. The molecular weight excluding hydrogens is 403 g/mol. The molecule has 0 bridgehead atoms. The summed E-state index contributed by atoms with van der Waals surface area (Å²) in [7, 11) is 0. The summed E-state index contributed by atoms with van der Waals surface area (Å²) < 4.78 is 45.5. The molecule has 0 spiro atoms. The smallest absolute Gasteiger partial charge is 0.475 e. The molecule has 4 rings (SSSR count). The normalized spacial score (nSPS) is 23.6. The van der Waals surface area contributed by atoms with Crippen LogP contribution in [0, 0.1) is 5.92 Å². The van der Waals surface area contributed by atoms with Crippen molar-refractivity contribution >= 4 is 5.97 Å². The predicted octanol–water partition coefficient (Wildman–Crippen LogP) is 3.26. The van der Waals surface area contributed by atoms with E-state index in [4.69, 9.17) is 19.4 Å². The Balaban J connectivity index is 0.000000318. The zero-order chi connectivity index (χ0) is 21.6. The van der Waals surface area contributed by atoms with Crippen LogP contribution in [0.3, 0.4) is 0 Å². The Labute approximate surface area is 174 Å². The van der Waals surface area contributed by atoms with Gasteiger partial charge in [0.25, 0.3) is 0 Å². The lowest BCUT2D eigenvalue weighted by molar-refractivity contribution is -0.192. The maximum absolute atomic E-state index is 10.6. The van der Waals surface area contributed by atoms with E-state index in [0.717, 1.165) is 58.4 Å². The van der Waals surface area contributed by atoms with Gasteiger partial charge in [0.1, 0.15) is 0 Å². The minimum absolute atomic E-state index is 0.370. The second kappa shape index (κ2) is 10.6. The number of halogens is 3. The Morgan fingerprint density at radius 1 is 1.20 bits per heavy atom. The molecule has 0 aromatic carbocycles. The highest BCUT2D eigenvalue weighted by Crippen LogP contribution is 2.30. The summed E-state index contributed by atoms with van der Waals surface area (Å²) in [5.74, 6) is -2.08. The number of hydrogen-bond donors (Lipinski definition) is 1. The number of fused-ring (bicyclic) bond motifs is 1. The first kappa shape index (κ1) is 23.0. The van der Waals surface area contributed by atoms with Crippen molar-refractivity contribution in [3.05, 3.63) is 18.0 Å². The molecule has 0 amide bonds. The molecule has 0 radical (unpaired) electrons. The van der Waals surface area contributed by atoms with Crippen LogP contribution in [-0.4, -0.2) is 70.9 Å². The zero-order valence-corrected chi connectivity index (χ0v) is 17.0. The highest BCUT2D eigenvalue weighted by Gasteiger charge is 2.38. The molecule has 170 valence electrons. The number of alkyl halides is 3. The number of aliphatic carboxylic acids is 1. The van der Waals surface area contributed by atoms with Gasteiger partial charge in [-0.3, -0.25) is 9.58 Å². The Bertz CT molecular complexity index is 670. The number of rotatable bonds is 5. The van der Waals surface area contributed by atoms with Crippen molar-refractivity contribution in [2.75, 3.05) is 33.0 Å². The molecule has 1 saturated heterocycles. The van der Waals surface area contributed by atoms with Crippen molar-refractivity contribution in [1.82, 2.24) is 14.7 Å². The van der Waals surface area contributed by atoms with Crippen LogP contribution in [0.2, 0.25) is 0 Å². The zero-order valence-electron chi connectivity index (χ0n) is 17.0. The molecule has 2 aliphatic heterocycles. The van der Waals surface area contributed by atoms with Crippen LogP contribution in [0.25, 0.3) is 0 Å². The van der Waals surface area contributed by atoms with E-state index >= 15 is 0 Å². The van der Waals surface area contributed by atoms with Gasteiger partial charge in [-0.25, -0.2) is 4.79 Å². The van der Waals surface area contributed by atoms with E-state index in [1.165, 1.54) is 31.4 Å². The summed E-state index contributed by atoms with van der Waals surface area (Å²) in [5.41, 5.74) is 1.35. The molecule has 2 fully saturated rings. The predicted molar refractivity (Wildman–Crippen MR) is 102 cm³/mol. The van der Waals surface area contributed by atoms with Gasteiger partial charge in [-0.15, -0.1) is 0 Å². The maximum atomic E-state index is 10.6. The number of ether oxygens (including phenoxy) is 2. The third kappa shape index (κ3) is 6.42. The molecule has 30 heavy (non-hydrogen) atoms. The van der Waals surface area contributed by atoms with E-state index in [2.05, 4.69) is 20.7 Å². The van der Waals surface area contributed by atoms with Gasteiger partial charge in [-0.1, -0.05) is 12.8 Å². The molecule has 1 aliphatic carbocycles. The highest BCUT2D eigenvalue weighted by molar-refractivity contribution is 5.73. The van der Waals surface area contributed by atoms with Gasteiger partial charge >= 0.3 is 12.1 Å². The number of hydrogen-bond acceptors (Lipinski definition) is 5. The molecule has 10 heteroatoms. The molecule has 7 nitrogen and oxygen atoms in total. The highest BCUT2D eigenvalue weighted by atomic mass is 19.4. The second-order valence-corrected chi connectivity index (χ2v) is 8.18. The largest absolute Gasteiger partial charge is 0.490 e. The van der Waals surface area contributed by atoms with Crippen molar-refractivity contribution in [1.29, 1.82) is 0 Å². The van der Waals surface area contributed by atoms with Crippen LogP contribution in [-0.2, 0) is 20.8 Å². The minimum atomic E-state index is -5.08. The van der Waals surface area contributed by atoms with Crippen molar-refractivity contribution in [2.24, 2.45) is 5.92 Å². The van der Waals surface area contributed by atoms with E-state index < -0.39 is 12.1 Å². The van der Waals surface area contributed by atoms with Gasteiger partial charge < -0.3 is 14.6 Å². The van der Waals surface area contributed by atoms with Crippen molar-refractivity contribution in [3.63, 3.8) is 0 Å². The number of aromatic nitrogens is 2. The third-order valence-corrected chi connectivity index (χ3v) is 6.00. The molecule has 1 aromatic heterocycles. The van der Waals surface area contributed by atoms with E-state index in [-0.39, 0.29) is 0 Å². The number of carboxylic acid groups (broad SMARTS) is 1. The van der Waals surface area contributed by atoms with Crippen molar-refractivity contribution in [2.45, 2.75) is 63.3 Å². The molecule has 1 N–H and O–H groups in total. The fourth-order valence-corrected chi connectivity index (χ4v) is 4.37. The molecule has 3 aliphatic rings. The standard InChI is InChI=1S/C18H29N3O2.C2HF3O2/c1-2-4-16(3-1)20-11-17-5-8-19-21(17)18(12-20)14-23-13-15-6-9-22-10-7-15;3-2(4,5)1(6)7/h5,8,15-16,18H,1-4,6-7,9-14H2;(H,6,7). The lowest BCUT2D eigenvalue weighted by atomic mass is 10.0. The van der Waals surface area contributed by atoms with Gasteiger partial charge in [0, 0.05) is 45.1 Å². The topological polar surface area (TPSA) is 76.8 Å². The summed E-state index contributed by atoms with van der Waals surface area (Å²) in [6.45, 7) is 5.61. The fourth-order valence-electron chi connectivity index (χ4n) is 4.37. The van der Waals surface area contributed by atoms with Crippen LogP contribution in [0.5, 0.6) is 0 Å². The van der Waals surface area contributed by atoms with Crippen LogP contribution < -0.4 is 0 Å². The van der Waals surface area contributed by atoms with E-state index in [0.29, 0.717) is 12.0 Å². The molecule has 3 heterocycles. The lowest BCUT2D eigenvalue weighted by Gasteiger charge is -2.37. The second-order valence-electron chi connectivity index (χ2n) is 8.18. The molecule has 1 atom stereocenters. The van der Waals surface area contributed by atoms with Crippen LogP contribution in [0.4, 0.5) is 13.2 Å². The quantitative estimate of drug-likeness (QED) is 0.768. The molecule has 1 saturated carbocycles. The van der Waals surface area contributed by atoms with Crippen LogP contribution in [0.15, 0.2) is 12.3 Å². The summed E-state index contributed by atoms with van der Waals surface area (Å²) in [6.07, 6.45) is 4.67. The Morgan fingerprint density at radius 3 is 2.50 bits per heavy atom. The Morgan fingerprint density at radius 2 is 1.87 bits per heavy atom. The maximum Gasteiger partial charge on any atom is 0.490 e. The Kier molecular flexibility index (Phi) is 8.13. The number of carbonyl (C=O) groups is 1. The average Bonchev–Trinajstić information content (AvgIpc) is 3.40. The number of carboxylic acids is 1. The fraction of sp³-hybridized carbons (Fsp3) is 0.800. The van der Waals surface area contributed by atoms with Crippen LogP contribution in [0.1, 0.15) is 50.3 Å². The van der Waals surface area contributed by atoms with E-state index in [1.807, 2.05) is 6.20 Å².